The van der Waals surface area contributed by atoms with E-state index in [1.54, 1.807) is 6.07 Å². The van der Waals surface area contributed by atoms with Gasteiger partial charge in [-0.1, -0.05) is 11.6 Å². The Morgan fingerprint density at radius 2 is 2.16 bits per heavy atom. The van der Waals surface area contributed by atoms with E-state index in [1.165, 1.54) is 25.0 Å². The lowest BCUT2D eigenvalue weighted by Crippen LogP contribution is -2.30. The number of benzene rings is 1. The van der Waals surface area contributed by atoms with Gasteiger partial charge < -0.3 is 15.8 Å². The fraction of sp³-hybridized carbons (Fsp3) is 0.385. The number of hydrogen-bond acceptors (Lipinski definition) is 3. The molecule has 2 amide bonds. The number of hydrogen-bond donors (Lipinski definition) is 2. The number of primary amides is 1. The van der Waals surface area contributed by atoms with Gasteiger partial charge in [-0.15, -0.1) is 0 Å². The quantitative estimate of drug-likeness (QED) is 0.826. The summed E-state index contributed by atoms with van der Waals surface area (Å²) in [5.41, 5.74) is 5.39. The van der Waals surface area contributed by atoms with Gasteiger partial charge in [0.1, 0.15) is 5.75 Å². The Kier molecular flexibility index (Phi) is 4.27. The average Bonchev–Trinajstić information content (AvgIpc) is 3.18. The molecule has 6 heteroatoms. The third-order valence-electron chi connectivity index (χ3n) is 2.85. The molecule has 0 atom stereocenters. The molecule has 0 aromatic heterocycles. The van der Waals surface area contributed by atoms with E-state index in [1.807, 2.05) is 0 Å². The van der Waals surface area contributed by atoms with Gasteiger partial charge in [0, 0.05) is 11.6 Å². The zero-order valence-electron chi connectivity index (χ0n) is 10.3. The molecular formula is C13H15ClN2O3. The molecule has 5 nitrogen and oxygen atoms in total. The summed E-state index contributed by atoms with van der Waals surface area (Å²) < 4.78 is 5.30. The molecule has 1 aromatic carbocycles. The van der Waals surface area contributed by atoms with Crippen LogP contribution in [0.3, 0.4) is 0 Å². The third kappa shape index (κ3) is 4.13. The first-order valence-corrected chi connectivity index (χ1v) is 6.43. The van der Waals surface area contributed by atoms with Crippen molar-refractivity contribution in [3.63, 3.8) is 0 Å². The predicted molar refractivity (Wildman–Crippen MR) is 71.2 cm³/mol. The molecular weight excluding hydrogens is 268 g/mol. The molecule has 0 saturated heterocycles. The zero-order valence-corrected chi connectivity index (χ0v) is 11.1. The van der Waals surface area contributed by atoms with Gasteiger partial charge in [0.15, 0.2) is 6.61 Å². The fourth-order valence-electron chi connectivity index (χ4n) is 1.60. The minimum atomic E-state index is -0.643. The number of nitrogens with two attached hydrogens (primary N) is 1. The van der Waals surface area contributed by atoms with Crippen LogP contribution < -0.4 is 15.8 Å². The van der Waals surface area contributed by atoms with E-state index in [0.717, 1.165) is 0 Å². The van der Waals surface area contributed by atoms with Crippen LogP contribution in [0.5, 0.6) is 5.75 Å². The zero-order chi connectivity index (χ0) is 13.8. The third-order valence-corrected chi connectivity index (χ3v) is 3.09. The second-order valence-corrected chi connectivity index (χ2v) is 4.98. The average molecular weight is 283 g/mol. The van der Waals surface area contributed by atoms with E-state index in [-0.39, 0.29) is 23.8 Å². The molecule has 0 aliphatic heterocycles. The summed E-state index contributed by atoms with van der Waals surface area (Å²) in [6.07, 6.45) is 2.34. The molecule has 0 radical (unpaired) electrons. The van der Waals surface area contributed by atoms with Crippen molar-refractivity contribution in [1.82, 2.24) is 5.32 Å². The summed E-state index contributed by atoms with van der Waals surface area (Å²) >= 11 is 5.77. The molecule has 0 spiro atoms. The minimum Gasteiger partial charge on any atom is -0.483 e. The Bertz CT molecular complexity index is 501. The second kappa shape index (κ2) is 5.93. The van der Waals surface area contributed by atoms with Crippen molar-refractivity contribution in [1.29, 1.82) is 0 Å². The van der Waals surface area contributed by atoms with Crippen molar-refractivity contribution in [2.24, 2.45) is 11.7 Å². The second-order valence-electron chi connectivity index (χ2n) is 4.54. The van der Waals surface area contributed by atoms with Gasteiger partial charge >= 0.3 is 0 Å². The monoisotopic (exact) mass is 282 g/mol. The van der Waals surface area contributed by atoms with Crippen LogP contribution in [0.4, 0.5) is 0 Å². The molecule has 0 bridgehead atoms. The number of amides is 2. The summed E-state index contributed by atoms with van der Waals surface area (Å²) in [5, 5.41) is 3.16. The van der Waals surface area contributed by atoms with Gasteiger partial charge in [0.2, 0.25) is 0 Å². The maximum absolute atomic E-state index is 11.5. The van der Waals surface area contributed by atoms with Gasteiger partial charge in [-0.2, -0.15) is 0 Å². The summed E-state index contributed by atoms with van der Waals surface area (Å²) in [7, 11) is 0. The van der Waals surface area contributed by atoms with Crippen molar-refractivity contribution in [3.8, 4) is 5.75 Å². The van der Waals surface area contributed by atoms with Crippen LogP contribution in [0.2, 0.25) is 5.02 Å². The van der Waals surface area contributed by atoms with E-state index >= 15 is 0 Å². The van der Waals surface area contributed by atoms with Crippen LogP contribution in [0, 0.1) is 5.92 Å². The largest absolute Gasteiger partial charge is 0.483 e. The van der Waals surface area contributed by atoms with E-state index in [2.05, 4.69) is 5.32 Å². The lowest BCUT2D eigenvalue weighted by molar-refractivity contribution is -0.123. The van der Waals surface area contributed by atoms with E-state index in [0.29, 0.717) is 17.5 Å². The molecule has 0 unspecified atom stereocenters. The van der Waals surface area contributed by atoms with Gasteiger partial charge in [-0.3, -0.25) is 9.59 Å². The Balaban J connectivity index is 1.90. The maximum Gasteiger partial charge on any atom is 0.257 e. The highest BCUT2D eigenvalue weighted by Gasteiger charge is 2.21. The molecule has 1 aliphatic rings. The van der Waals surface area contributed by atoms with Crippen LogP contribution in [0.25, 0.3) is 0 Å². The molecule has 1 aliphatic carbocycles. The first kappa shape index (κ1) is 13.7. The highest BCUT2D eigenvalue weighted by Crippen LogP contribution is 2.27. The normalized spacial score (nSPS) is 13.9. The first-order valence-electron chi connectivity index (χ1n) is 6.05. The maximum atomic E-state index is 11.5. The Morgan fingerprint density at radius 1 is 1.42 bits per heavy atom. The SMILES string of the molecule is NC(=O)c1cc(Cl)ccc1OCC(=O)NCC1CC1. The van der Waals surface area contributed by atoms with Crippen molar-refractivity contribution >= 4 is 23.4 Å². The standard InChI is InChI=1S/C13H15ClN2O3/c14-9-3-4-11(10(5-9)13(15)18)19-7-12(17)16-6-8-1-2-8/h3-5,8H,1-2,6-7H2,(H2,15,18)(H,16,17). The molecule has 1 fully saturated rings. The van der Waals surface area contributed by atoms with Crippen LogP contribution in [-0.2, 0) is 4.79 Å². The Morgan fingerprint density at radius 3 is 2.79 bits per heavy atom. The van der Waals surface area contributed by atoms with Crippen molar-refractivity contribution in [2.75, 3.05) is 13.2 Å². The van der Waals surface area contributed by atoms with Crippen molar-refractivity contribution in [2.45, 2.75) is 12.8 Å². The number of ether oxygens (including phenoxy) is 1. The number of nitrogens with one attached hydrogen (secondary N) is 1. The topological polar surface area (TPSA) is 81.4 Å². The minimum absolute atomic E-state index is 0.144. The Labute approximate surface area is 116 Å². The smallest absolute Gasteiger partial charge is 0.257 e. The van der Waals surface area contributed by atoms with Crippen molar-refractivity contribution < 1.29 is 14.3 Å². The van der Waals surface area contributed by atoms with Gasteiger partial charge in [-0.05, 0) is 37.0 Å². The summed E-state index contributed by atoms with van der Waals surface area (Å²) in [4.78, 5) is 22.7. The lowest BCUT2D eigenvalue weighted by atomic mass is 10.2. The number of halogens is 1. The fourth-order valence-corrected chi connectivity index (χ4v) is 1.77. The number of rotatable bonds is 6. The van der Waals surface area contributed by atoms with Gasteiger partial charge in [0.25, 0.3) is 11.8 Å². The van der Waals surface area contributed by atoms with E-state index < -0.39 is 5.91 Å². The summed E-state index contributed by atoms with van der Waals surface area (Å²) in [5.74, 6) is 0.0206. The van der Waals surface area contributed by atoms with E-state index in [9.17, 15) is 9.59 Å². The van der Waals surface area contributed by atoms with Crippen LogP contribution in [-0.4, -0.2) is 25.0 Å². The summed E-state index contributed by atoms with van der Waals surface area (Å²) in [6, 6.07) is 4.52. The predicted octanol–water partition coefficient (Wildman–Crippen LogP) is 1.34. The van der Waals surface area contributed by atoms with Crippen LogP contribution in [0.1, 0.15) is 23.2 Å². The summed E-state index contributed by atoms with van der Waals surface area (Å²) in [6.45, 7) is 0.542. The molecule has 3 N–H and O–H groups in total. The molecule has 19 heavy (non-hydrogen) atoms. The molecule has 102 valence electrons. The molecule has 2 rings (SSSR count). The van der Waals surface area contributed by atoms with Gasteiger partial charge in [0.05, 0.1) is 5.56 Å². The Hall–Kier alpha value is -1.75. The highest BCUT2D eigenvalue weighted by atomic mass is 35.5. The first-order chi connectivity index (χ1) is 9.06. The number of carbonyl (C=O) groups is 2. The van der Waals surface area contributed by atoms with Crippen LogP contribution in [0.15, 0.2) is 18.2 Å². The van der Waals surface area contributed by atoms with Crippen molar-refractivity contribution in [3.05, 3.63) is 28.8 Å². The lowest BCUT2D eigenvalue weighted by Gasteiger charge is -2.10. The van der Waals surface area contributed by atoms with Gasteiger partial charge in [-0.25, -0.2) is 0 Å². The molecule has 0 heterocycles. The van der Waals surface area contributed by atoms with Crippen LogP contribution >= 0.6 is 11.6 Å². The van der Waals surface area contributed by atoms with E-state index in [4.69, 9.17) is 22.1 Å². The number of carbonyl (C=O) groups excluding carboxylic acids is 2. The molecule has 1 saturated carbocycles. The highest BCUT2D eigenvalue weighted by molar-refractivity contribution is 6.31. The molecule has 1 aromatic rings.